The number of ketones is 1. The van der Waals surface area contributed by atoms with Gasteiger partial charge in [0, 0.05) is 6.42 Å². The van der Waals surface area contributed by atoms with Gasteiger partial charge >= 0.3 is 0 Å². The molecule has 76 valence electrons. The summed E-state index contributed by atoms with van der Waals surface area (Å²) in [5.41, 5.74) is 1.12. The van der Waals surface area contributed by atoms with E-state index in [2.05, 4.69) is 31.9 Å². The molecular formula is C11H12Br2O. The second kappa shape index (κ2) is 5.66. The molecule has 0 bridgehead atoms. The molecule has 1 nitrogen and oxygen atoms in total. The number of hydrogen-bond donors (Lipinski definition) is 0. The van der Waals surface area contributed by atoms with Crippen LogP contribution in [-0.4, -0.2) is 10.6 Å². The van der Waals surface area contributed by atoms with E-state index in [1.807, 2.05) is 37.3 Å². The molecule has 0 radical (unpaired) electrons. The molecule has 0 unspecified atom stereocenters. The van der Waals surface area contributed by atoms with Crippen LogP contribution in [0, 0.1) is 0 Å². The van der Waals surface area contributed by atoms with E-state index >= 15 is 0 Å². The van der Waals surface area contributed by atoms with Crippen molar-refractivity contribution in [3.63, 3.8) is 0 Å². The zero-order chi connectivity index (χ0) is 10.6. The lowest BCUT2D eigenvalue weighted by Crippen LogP contribution is -2.17. The summed E-state index contributed by atoms with van der Waals surface area (Å²) in [6.07, 6.45) is 0.560. The van der Waals surface area contributed by atoms with Gasteiger partial charge in [0.15, 0.2) is 0 Å². The maximum atomic E-state index is 11.4. The monoisotopic (exact) mass is 318 g/mol. The van der Waals surface area contributed by atoms with E-state index in [4.69, 9.17) is 0 Å². The number of carbonyl (C=O) groups is 1. The second-order valence-corrected chi connectivity index (χ2v) is 5.01. The Bertz CT molecular complexity index is 297. The maximum Gasteiger partial charge on any atom is 0.147 e. The summed E-state index contributed by atoms with van der Waals surface area (Å²) in [5.74, 6) is 0.218. The SMILES string of the molecule is CCC(=O)[C@H](Br)[C@H](Br)c1ccccc1. The molecule has 0 amide bonds. The number of Topliss-reactive ketones (excluding diaryl/α,β-unsaturated/α-hetero) is 1. The predicted molar refractivity (Wildman–Crippen MR) is 66.1 cm³/mol. The van der Waals surface area contributed by atoms with Crippen LogP contribution in [0.1, 0.15) is 23.7 Å². The van der Waals surface area contributed by atoms with E-state index in [1.165, 1.54) is 0 Å². The van der Waals surface area contributed by atoms with E-state index in [9.17, 15) is 4.79 Å². The van der Waals surface area contributed by atoms with Gasteiger partial charge in [-0.3, -0.25) is 4.79 Å². The van der Waals surface area contributed by atoms with E-state index in [0.29, 0.717) is 6.42 Å². The first-order chi connectivity index (χ1) is 6.66. The number of hydrogen-bond acceptors (Lipinski definition) is 1. The van der Waals surface area contributed by atoms with Crippen molar-refractivity contribution in [1.82, 2.24) is 0 Å². The summed E-state index contributed by atoms with van der Waals surface area (Å²) in [4.78, 5) is 11.4. The molecule has 0 heterocycles. The minimum Gasteiger partial charge on any atom is -0.298 e. The topological polar surface area (TPSA) is 17.1 Å². The van der Waals surface area contributed by atoms with Crippen molar-refractivity contribution in [3.8, 4) is 0 Å². The van der Waals surface area contributed by atoms with Gasteiger partial charge in [-0.2, -0.15) is 0 Å². The van der Waals surface area contributed by atoms with Crippen LogP contribution >= 0.6 is 31.9 Å². The number of benzene rings is 1. The fraction of sp³-hybridized carbons (Fsp3) is 0.364. The molecule has 0 saturated heterocycles. The van der Waals surface area contributed by atoms with Crippen LogP contribution < -0.4 is 0 Å². The molecule has 3 heteroatoms. The molecular weight excluding hydrogens is 308 g/mol. The van der Waals surface area contributed by atoms with Crippen LogP contribution in [0.25, 0.3) is 0 Å². The highest BCUT2D eigenvalue weighted by atomic mass is 79.9. The van der Waals surface area contributed by atoms with Gasteiger partial charge in [-0.1, -0.05) is 69.1 Å². The van der Waals surface area contributed by atoms with Gasteiger partial charge in [-0.15, -0.1) is 0 Å². The molecule has 0 aromatic heterocycles. The molecule has 2 atom stereocenters. The standard InChI is InChI=1S/C11H12Br2O/c1-2-9(14)11(13)10(12)8-6-4-3-5-7-8/h3-7,10-11H,2H2,1H3/t10-,11+/m1/s1. The summed E-state index contributed by atoms with van der Waals surface area (Å²) < 4.78 is 0. The van der Waals surface area contributed by atoms with Crippen molar-refractivity contribution in [1.29, 1.82) is 0 Å². The van der Waals surface area contributed by atoms with Gasteiger partial charge in [-0.05, 0) is 5.56 Å². The van der Waals surface area contributed by atoms with Crippen molar-refractivity contribution in [2.24, 2.45) is 0 Å². The first-order valence-electron chi connectivity index (χ1n) is 4.52. The van der Waals surface area contributed by atoms with Crippen molar-refractivity contribution in [2.75, 3.05) is 0 Å². The zero-order valence-electron chi connectivity index (χ0n) is 7.91. The van der Waals surface area contributed by atoms with Gasteiger partial charge in [0.1, 0.15) is 5.78 Å². The van der Waals surface area contributed by atoms with Crippen LogP contribution in [-0.2, 0) is 4.79 Å². The van der Waals surface area contributed by atoms with Crippen LogP contribution in [0.3, 0.4) is 0 Å². The molecule has 14 heavy (non-hydrogen) atoms. The first kappa shape index (κ1) is 11.9. The Balaban J connectivity index is 2.75. The summed E-state index contributed by atoms with van der Waals surface area (Å²) in [6.45, 7) is 1.88. The van der Waals surface area contributed by atoms with Gasteiger partial charge in [0.05, 0.1) is 9.65 Å². The molecule has 0 aliphatic carbocycles. The molecule has 0 aliphatic rings. The van der Waals surface area contributed by atoms with Gasteiger partial charge < -0.3 is 0 Å². The third kappa shape index (κ3) is 2.92. The van der Waals surface area contributed by atoms with Crippen molar-refractivity contribution in [2.45, 2.75) is 23.0 Å². The van der Waals surface area contributed by atoms with E-state index < -0.39 is 0 Å². The number of carbonyl (C=O) groups excluding carboxylic acids is 1. The lowest BCUT2D eigenvalue weighted by Gasteiger charge is -2.15. The lowest BCUT2D eigenvalue weighted by atomic mass is 10.1. The van der Waals surface area contributed by atoms with Crippen molar-refractivity contribution in [3.05, 3.63) is 35.9 Å². The molecule has 0 spiro atoms. The molecule has 1 rings (SSSR count). The average molecular weight is 320 g/mol. The minimum atomic E-state index is -0.144. The minimum absolute atomic E-state index is 0.0520. The molecule has 1 aromatic carbocycles. The Morgan fingerprint density at radius 2 is 1.86 bits per heavy atom. The third-order valence-electron chi connectivity index (χ3n) is 2.03. The van der Waals surface area contributed by atoms with Crippen molar-refractivity contribution < 1.29 is 4.79 Å². The number of alkyl halides is 2. The Hall–Kier alpha value is -0.150. The fourth-order valence-corrected chi connectivity index (χ4v) is 2.39. The van der Waals surface area contributed by atoms with Crippen LogP contribution in [0.2, 0.25) is 0 Å². The fourth-order valence-electron chi connectivity index (χ4n) is 1.16. The Labute approximate surface area is 101 Å². The predicted octanol–water partition coefficient (Wildman–Crippen LogP) is 3.87. The van der Waals surface area contributed by atoms with Gasteiger partial charge in [-0.25, -0.2) is 0 Å². The van der Waals surface area contributed by atoms with Crippen molar-refractivity contribution >= 4 is 37.6 Å². The average Bonchev–Trinajstić information content (AvgIpc) is 2.27. The largest absolute Gasteiger partial charge is 0.298 e. The van der Waals surface area contributed by atoms with E-state index in [-0.39, 0.29) is 15.4 Å². The number of rotatable bonds is 4. The Morgan fingerprint density at radius 3 is 2.36 bits per heavy atom. The van der Waals surface area contributed by atoms with Crippen LogP contribution in [0.4, 0.5) is 0 Å². The lowest BCUT2D eigenvalue weighted by molar-refractivity contribution is -0.118. The zero-order valence-corrected chi connectivity index (χ0v) is 11.1. The highest BCUT2D eigenvalue weighted by molar-refractivity contribution is 9.12. The summed E-state index contributed by atoms with van der Waals surface area (Å²) in [6, 6.07) is 9.93. The number of halogens is 2. The third-order valence-corrected chi connectivity index (χ3v) is 4.84. The maximum absolute atomic E-state index is 11.4. The van der Waals surface area contributed by atoms with Crippen LogP contribution in [0.15, 0.2) is 30.3 Å². The smallest absolute Gasteiger partial charge is 0.147 e. The molecule has 1 aromatic rings. The summed E-state index contributed by atoms with van der Waals surface area (Å²) in [7, 11) is 0. The molecule has 0 N–H and O–H groups in total. The second-order valence-electron chi connectivity index (χ2n) is 3.03. The first-order valence-corrected chi connectivity index (χ1v) is 6.35. The van der Waals surface area contributed by atoms with Gasteiger partial charge in [0.25, 0.3) is 0 Å². The highest BCUT2D eigenvalue weighted by Crippen LogP contribution is 2.31. The summed E-state index contributed by atoms with van der Waals surface area (Å²) in [5, 5.41) is 0. The van der Waals surface area contributed by atoms with E-state index in [0.717, 1.165) is 5.56 Å². The molecule has 0 fully saturated rings. The molecule has 0 aliphatic heterocycles. The highest BCUT2D eigenvalue weighted by Gasteiger charge is 2.22. The normalized spacial score (nSPS) is 14.8. The Morgan fingerprint density at radius 1 is 1.29 bits per heavy atom. The molecule has 0 saturated carbocycles. The van der Waals surface area contributed by atoms with E-state index in [1.54, 1.807) is 0 Å². The summed E-state index contributed by atoms with van der Waals surface area (Å²) >= 11 is 6.93. The Kier molecular flexibility index (Phi) is 4.82. The quantitative estimate of drug-likeness (QED) is 0.770. The van der Waals surface area contributed by atoms with Gasteiger partial charge in [0.2, 0.25) is 0 Å². The van der Waals surface area contributed by atoms with Crippen LogP contribution in [0.5, 0.6) is 0 Å².